The van der Waals surface area contributed by atoms with Gasteiger partial charge in [-0.1, -0.05) is 12.1 Å². The molecule has 0 saturated carbocycles. The Bertz CT molecular complexity index is 1050. The van der Waals surface area contributed by atoms with E-state index >= 15 is 0 Å². The molecular weight excluding hydrogens is 340 g/mol. The Morgan fingerprint density at radius 3 is 2.63 bits per heavy atom. The lowest BCUT2D eigenvalue weighted by Crippen LogP contribution is -2.27. The Morgan fingerprint density at radius 2 is 1.89 bits per heavy atom. The lowest BCUT2D eigenvalue weighted by Gasteiger charge is -2.19. The minimum atomic E-state index is -0.0389. The molecular formula is C21H24N4O2. The minimum Gasteiger partial charge on any atom is -0.490 e. The summed E-state index contributed by atoms with van der Waals surface area (Å²) >= 11 is 0. The topological polar surface area (TPSA) is 59.7 Å². The maximum Gasteiger partial charge on any atom is 0.258 e. The van der Waals surface area contributed by atoms with E-state index in [0.717, 1.165) is 33.9 Å². The number of amides is 1. The molecule has 2 aromatic heterocycles. The lowest BCUT2D eigenvalue weighted by molar-refractivity contribution is 0.0743. The third kappa shape index (κ3) is 2.85. The highest BCUT2D eigenvalue weighted by Crippen LogP contribution is 2.30. The smallest absolute Gasteiger partial charge is 0.258 e. The largest absolute Gasteiger partial charge is 0.490 e. The van der Waals surface area contributed by atoms with Crippen molar-refractivity contribution < 1.29 is 9.53 Å². The van der Waals surface area contributed by atoms with Crippen molar-refractivity contribution in [1.82, 2.24) is 19.5 Å². The number of benzene rings is 1. The van der Waals surface area contributed by atoms with E-state index in [4.69, 9.17) is 14.8 Å². The minimum absolute atomic E-state index is 0.0114. The van der Waals surface area contributed by atoms with Crippen molar-refractivity contribution >= 4 is 11.6 Å². The van der Waals surface area contributed by atoms with Crippen molar-refractivity contribution in [3.63, 3.8) is 0 Å². The lowest BCUT2D eigenvalue weighted by atomic mass is 10.1. The average molecular weight is 364 g/mol. The summed E-state index contributed by atoms with van der Waals surface area (Å²) in [6.45, 7) is 11.1. The van der Waals surface area contributed by atoms with Gasteiger partial charge in [-0.05, 0) is 52.3 Å². The number of hydrogen-bond donors (Lipinski definition) is 0. The van der Waals surface area contributed by atoms with Crippen molar-refractivity contribution in [3.8, 4) is 5.75 Å². The summed E-state index contributed by atoms with van der Waals surface area (Å²) in [6.07, 6.45) is 0.0114. The van der Waals surface area contributed by atoms with Gasteiger partial charge in [-0.15, -0.1) is 0 Å². The van der Waals surface area contributed by atoms with Crippen LogP contribution in [0.3, 0.4) is 0 Å². The molecule has 0 saturated heterocycles. The number of para-hydroxylation sites is 1. The SMILES string of the molecule is Cc1nc2c3c(nn2c(C)c1C)CN(C(=O)c1ccccc1OC(C)C)C3. The van der Waals surface area contributed by atoms with Gasteiger partial charge >= 0.3 is 0 Å². The summed E-state index contributed by atoms with van der Waals surface area (Å²) in [6, 6.07) is 7.41. The number of ether oxygens (including phenoxy) is 1. The number of nitrogens with zero attached hydrogens (tertiary/aromatic N) is 4. The Morgan fingerprint density at radius 1 is 1.15 bits per heavy atom. The maximum absolute atomic E-state index is 13.1. The van der Waals surface area contributed by atoms with Crippen molar-refractivity contribution in [3.05, 3.63) is 58.0 Å². The standard InChI is InChI=1S/C21H24N4O2/c1-12(2)27-19-9-7-6-8-16(19)21(26)24-10-17-18(11-24)23-25-15(5)13(3)14(4)22-20(17)25/h6-9,12H,10-11H2,1-5H3. The van der Waals surface area contributed by atoms with E-state index in [0.29, 0.717) is 24.4 Å². The zero-order chi connectivity index (χ0) is 19.3. The molecule has 0 bridgehead atoms. The van der Waals surface area contributed by atoms with E-state index in [2.05, 4.69) is 13.8 Å². The summed E-state index contributed by atoms with van der Waals surface area (Å²) in [5.74, 6) is 0.583. The highest BCUT2D eigenvalue weighted by molar-refractivity contribution is 5.97. The third-order valence-electron chi connectivity index (χ3n) is 5.17. The highest BCUT2D eigenvalue weighted by Gasteiger charge is 2.31. The zero-order valence-electron chi connectivity index (χ0n) is 16.4. The molecule has 1 amide bonds. The molecule has 1 aromatic carbocycles. The molecule has 3 heterocycles. The van der Waals surface area contributed by atoms with E-state index < -0.39 is 0 Å². The van der Waals surface area contributed by atoms with Crippen LogP contribution in [0.1, 0.15) is 52.4 Å². The number of hydrogen-bond acceptors (Lipinski definition) is 4. The van der Waals surface area contributed by atoms with Crippen LogP contribution in [0.15, 0.2) is 24.3 Å². The maximum atomic E-state index is 13.1. The fourth-order valence-corrected chi connectivity index (χ4v) is 3.53. The first-order valence-electron chi connectivity index (χ1n) is 9.26. The van der Waals surface area contributed by atoms with Gasteiger partial charge in [-0.3, -0.25) is 4.79 Å². The second kappa shape index (κ2) is 6.37. The molecule has 3 aromatic rings. The molecule has 6 heteroatoms. The van der Waals surface area contributed by atoms with Gasteiger partial charge in [-0.25, -0.2) is 9.50 Å². The van der Waals surface area contributed by atoms with Crippen molar-refractivity contribution in [2.75, 3.05) is 0 Å². The predicted molar refractivity (Wildman–Crippen MR) is 103 cm³/mol. The molecule has 0 unspecified atom stereocenters. The van der Waals surface area contributed by atoms with E-state index in [1.165, 1.54) is 0 Å². The number of aryl methyl sites for hydroxylation is 2. The van der Waals surface area contributed by atoms with Gasteiger partial charge in [0.1, 0.15) is 5.75 Å². The molecule has 4 rings (SSSR count). The number of aromatic nitrogens is 3. The van der Waals surface area contributed by atoms with Gasteiger partial charge in [0.05, 0.1) is 30.5 Å². The fourth-order valence-electron chi connectivity index (χ4n) is 3.53. The summed E-state index contributed by atoms with van der Waals surface area (Å²) in [5, 5.41) is 4.72. The molecule has 140 valence electrons. The monoisotopic (exact) mass is 364 g/mol. The first kappa shape index (κ1) is 17.5. The summed E-state index contributed by atoms with van der Waals surface area (Å²) in [7, 11) is 0. The first-order valence-corrected chi connectivity index (χ1v) is 9.26. The Kier molecular flexibility index (Phi) is 4.13. The summed E-state index contributed by atoms with van der Waals surface area (Å²) < 4.78 is 7.73. The third-order valence-corrected chi connectivity index (χ3v) is 5.17. The van der Waals surface area contributed by atoms with Crippen LogP contribution in [0.25, 0.3) is 5.65 Å². The van der Waals surface area contributed by atoms with Crippen LogP contribution in [0, 0.1) is 20.8 Å². The molecule has 0 fully saturated rings. The fraction of sp³-hybridized carbons (Fsp3) is 0.381. The molecule has 6 nitrogen and oxygen atoms in total. The Labute approximate surface area is 158 Å². The molecule has 0 radical (unpaired) electrons. The molecule has 0 aliphatic carbocycles. The molecule has 0 N–H and O–H groups in total. The highest BCUT2D eigenvalue weighted by atomic mass is 16.5. The van der Waals surface area contributed by atoms with E-state index in [1.807, 2.05) is 54.5 Å². The van der Waals surface area contributed by atoms with Gasteiger partial charge in [0.15, 0.2) is 5.65 Å². The van der Waals surface area contributed by atoms with Gasteiger partial charge in [0.25, 0.3) is 5.91 Å². The van der Waals surface area contributed by atoms with Gasteiger partial charge in [0.2, 0.25) is 0 Å². The Balaban J connectivity index is 1.67. The molecule has 27 heavy (non-hydrogen) atoms. The number of rotatable bonds is 3. The number of carbonyl (C=O) groups excluding carboxylic acids is 1. The normalized spacial score (nSPS) is 13.5. The van der Waals surface area contributed by atoms with Gasteiger partial charge in [0, 0.05) is 17.0 Å². The first-order chi connectivity index (χ1) is 12.9. The van der Waals surface area contributed by atoms with Crippen LogP contribution in [-0.4, -0.2) is 31.5 Å². The summed E-state index contributed by atoms with van der Waals surface area (Å²) in [4.78, 5) is 19.7. The van der Waals surface area contributed by atoms with Gasteiger partial charge in [-0.2, -0.15) is 5.10 Å². The van der Waals surface area contributed by atoms with Crippen molar-refractivity contribution in [2.24, 2.45) is 0 Å². The van der Waals surface area contributed by atoms with Crippen molar-refractivity contribution in [2.45, 2.75) is 53.8 Å². The number of carbonyl (C=O) groups is 1. The molecule has 1 aliphatic rings. The molecule has 0 spiro atoms. The van der Waals surface area contributed by atoms with Crippen LogP contribution in [0.4, 0.5) is 0 Å². The number of fused-ring (bicyclic) bond motifs is 3. The zero-order valence-corrected chi connectivity index (χ0v) is 16.4. The van der Waals surface area contributed by atoms with E-state index in [-0.39, 0.29) is 12.0 Å². The van der Waals surface area contributed by atoms with Gasteiger partial charge < -0.3 is 9.64 Å². The second-order valence-corrected chi connectivity index (χ2v) is 7.39. The van der Waals surface area contributed by atoms with Crippen LogP contribution < -0.4 is 4.74 Å². The molecule has 0 atom stereocenters. The van der Waals surface area contributed by atoms with Crippen molar-refractivity contribution in [1.29, 1.82) is 0 Å². The van der Waals surface area contributed by atoms with E-state index in [9.17, 15) is 4.79 Å². The van der Waals surface area contributed by atoms with Crippen LogP contribution in [0.2, 0.25) is 0 Å². The predicted octanol–water partition coefficient (Wildman–Crippen LogP) is 3.60. The quantitative estimate of drug-likeness (QED) is 0.712. The van der Waals surface area contributed by atoms with E-state index in [1.54, 1.807) is 0 Å². The van der Waals surface area contributed by atoms with Crippen LogP contribution in [-0.2, 0) is 13.1 Å². The Hall–Kier alpha value is -2.89. The van der Waals surface area contributed by atoms with Crippen LogP contribution >= 0.6 is 0 Å². The second-order valence-electron chi connectivity index (χ2n) is 7.39. The average Bonchev–Trinajstić information content (AvgIpc) is 3.18. The van der Waals surface area contributed by atoms with Crippen LogP contribution in [0.5, 0.6) is 5.75 Å². The molecule has 1 aliphatic heterocycles. The summed E-state index contributed by atoms with van der Waals surface area (Å²) in [5.41, 5.74) is 6.65.